The number of nitrogens with zero attached hydrogens (tertiary/aromatic N) is 2. The van der Waals surface area contributed by atoms with E-state index in [0.29, 0.717) is 29.2 Å². The number of rotatable bonds is 6. The Balaban J connectivity index is 2.28. The van der Waals surface area contributed by atoms with E-state index in [1.807, 2.05) is 34.6 Å². The summed E-state index contributed by atoms with van der Waals surface area (Å²) in [6.45, 7) is 11.9. The number of non-ortho nitro benzene ring substituents is 1. The Morgan fingerprint density at radius 3 is 2.69 bits per heavy atom. The Hall–Kier alpha value is -3.16. The van der Waals surface area contributed by atoms with Crippen LogP contribution in [0.5, 0.6) is 0 Å². The highest BCUT2D eigenvalue weighted by Gasteiger charge is 2.40. The number of nitrogens with one attached hydrogen (secondary N) is 1. The zero-order chi connectivity index (χ0) is 23.6. The molecule has 172 valence electrons. The van der Waals surface area contributed by atoms with Crippen molar-refractivity contribution < 1.29 is 19.2 Å². The number of nitro benzene ring substituents is 1. The molecular weight excluding hydrogens is 410 g/mol. The summed E-state index contributed by atoms with van der Waals surface area (Å²) in [6, 6.07) is 6.37. The predicted octanol–water partition coefficient (Wildman–Crippen LogP) is 4.77. The number of carbonyl (C=O) groups excluding carboxylic acids is 1. The molecular formula is C24H31N3O5. The number of nitro groups is 1. The first kappa shape index (κ1) is 23.5. The summed E-state index contributed by atoms with van der Waals surface area (Å²) < 4.78 is 11.6. The van der Waals surface area contributed by atoms with Crippen LogP contribution >= 0.6 is 0 Å². The van der Waals surface area contributed by atoms with Gasteiger partial charge in [0, 0.05) is 35.5 Å². The standard InChI is InChI=1S/C24H31N3O5/c1-7-18-21(22-26-24(5,6)13-14(3)32-22)20(16-10-9-11-17(12-16)27(29)30)19(15(4)25-18)23(28)31-8-2/h9-12,14,20,25H,7-8,13H2,1-6H3. The Labute approximate surface area is 188 Å². The molecule has 1 aromatic rings. The lowest BCUT2D eigenvalue weighted by Gasteiger charge is -2.37. The van der Waals surface area contributed by atoms with E-state index in [1.165, 1.54) is 12.1 Å². The van der Waals surface area contributed by atoms with Crippen molar-refractivity contribution in [3.8, 4) is 0 Å². The third kappa shape index (κ3) is 4.69. The maximum Gasteiger partial charge on any atom is 0.336 e. The third-order valence-corrected chi connectivity index (χ3v) is 5.64. The summed E-state index contributed by atoms with van der Waals surface area (Å²) in [5.41, 5.74) is 2.89. The number of allylic oxidation sites excluding steroid dienone is 2. The fourth-order valence-corrected chi connectivity index (χ4v) is 4.46. The molecule has 0 saturated heterocycles. The van der Waals surface area contributed by atoms with Gasteiger partial charge in [-0.25, -0.2) is 9.79 Å². The molecule has 0 radical (unpaired) electrons. The highest BCUT2D eigenvalue weighted by molar-refractivity contribution is 6.02. The van der Waals surface area contributed by atoms with E-state index in [-0.39, 0.29) is 23.9 Å². The number of esters is 1. The fourth-order valence-electron chi connectivity index (χ4n) is 4.46. The summed E-state index contributed by atoms with van der Waals surface area (Å²) >= 11 is 0. The van der Waals surface area contributed by atoms with Crippen molar-refractivity contribution in [2.24, 2.45) is 4.99 Å². The van der Waals surface area contributed by atoms with Crippen LogP contribution in [0.15, 0.2) is 51.8 Å². The predicted molar refractivity (Wildman–Crippen MR) is 122 cm³/mol. The largest absolute Gasteiger partial charge is 0.475 e. The quantitative estimate of drug-likeness (QED) is 0.387. The van der Waals surface area contributed by atoms with Crippen molar-refractivity contribution in [1.82, 2.24) is 5.32 Å². The number of aliphatic imine (C=N–C) groups is 1. The first-order valence-corrected chi connectivity index (χ1v) is 11.0. The maximum absolute atomic E-state index is 13.1. The number of benzene rings is 1. The lowest BCUT2D eigenvalue weighted by Crippen LogP contribution is -2.39. The molecule has 8 nitrogen and oxygen atoms in total. The summed E-state index contributed by atoms with van der Waals surface area (Å²) in [7, 11) is 0. The average molecular weight is 442 g/mol. The second kappa shape index (κ2) is 9.14. The molecule has 2 aliphatic heterocycles. The molecule has 3 rings (SSSR count). The van der Waals surface area contributed by atoms with Gasteiger partial charge in [-0.15, -0.1) is 0 Å². The minimum atomic E-state index is -0.606. The van der Waals surface area contributed by atoms with Gasteiger partial charge in [0.1, 0.15) is 0 Å². The van der Waals surface area contributed by atoms with Crippen LogP contribution in [0.2, 0.25) is 0 Å². The highest BCUT2D eigenvalue weighted by atomic mass is 16.6. The van der Waals surface area contributed by atoms with Crippen molar-refractivity contribution in [3.63, 3.8) is 0 Å². The number of hydrogen-bond donors (Lipinski definition) is 1. The van der Waals surface area contributed by atoms with Crippen LogP contribution in [0, 0.1) is 10.1 Å². The molecule has 0 aliphatic carbocycles. The molecule has 2 unspecified atom stereocenters. The third-order valence-electron chi connectivity index (χ3n) is 5.64. The van der Waals surface area contributed by atoms with Gasteiger partial charge in [-0.2, -0.15) is 0 Å². The van der Waals surface area contributed by atoms with E-state index in [2.05, 4.69) is 5.32 Å². The van der Waals surface area contributed by atoms with Crippen LogP contribution in [-0.4, -0.2) is 35.0 Å². The molecule has 8 heteroatoms. The summed E-state index contributed by atoms with van der Waals surface area (Å²) in [5.74, 6) is -0.612. The van der Waals surface area contributed by atoms with Crippen molar-refractivity contribution in [1.29, 1.82) is 0 Å². The van der Waals surface area contributed by atoms with Crippen LogP contribution in [0.3, 0.4) is 0 Å². The van der Waals surface area contributed by atoms with Crippen LogP contribution in [0.25, 0.3) is 0 Å². The smallest absolute Gasteiger partial charge is 0.336 e. The molecule has 1 aromatic carbocycles. The molecule has 0 saturated carbocycles. The van der Waals surface area contributed by atoms with Crippen LogP contribution in [0.1, 0.15) is 65.9 Å². The molecule has 2 aliphatic rings. The van der Waals surface area contributed by atoms with Gasteiger partial charge in [0.2, 0.25) is 5.90 Å². The van der Waals surface area contributed by atoms with Gasteiger partial charge < -0.3 is 14.8 Å². The van der Waals surface area contributed by atoms with Crippen molar-refractivity contribution in [3.05, 3.63) is 62.5 Å². The minimum Gasteiger partial charge on any atom is -0.475 e. The lowest BCUT2D eigenvalue weighted by molar-refractivity contribution is -0.384. The summed E-state index contributed by atoms with van der Waals surface area (Å²) in [5, 5.41) is 14.8. The molecule has 2 atom stereocenters. The van der Waals surface area contributed by atoms with E-state index >= 15 is 0 Å². The molecule has 0 aromatic heterocycles. The second-order valence-corrected chi connectivity index (χ2v) is 8.78. The Morgan fingerprint density at radius 2 is 2.09 bits per heavy atom. The molecule has 32 heavy (non-hydrogen) atoms. The summed E-state index contributed by atoms with van der Waals surface area (Å²) in [4.78, 5) is 29.0. The zero-order valence-corrected chi connectivity index (χ0v) is 19.5. The van der Waals surface area contributed by atoms with E-state index in [9.17, 15) is 14.9 Å². The van der Waals surface area contributed by atoms with Gasteiger partial charge in [0.15, 0.2) is 0 Å². The van der Waals surface area contributed by atoms with Gasteiger partial charge in [-0.05, 0) is 46.6 Å². The van der Waals surface area contributed by atoms with Crippen LogP contribution in [0.4, 0.5) is 5.69 Å². The van der Waals surface area contributed by atoms with Gasteiger partial charge >= 0.3 is 5.97 Å². The Bertz CT molecular complexity index is 1020. The molecule has 2 heterocycles. The SMILES string of the molecule is CCOC(=O)C1=C(C)NC(CC)=C(C2=NC(C)(C)CC(C)O2)C1c1cccc([N+](=O)[O-])c1. The minimum absolute atomic E-state index is 0.0421. The van der Waals surface area contributed by atoms with E-state index in [0.717, 1.165) is 17.7 Å². The second-order valence-electron chi connectivity index (χ2n) is 8.78. The van der Waals surface area contributed by atoms with E-state index in [1.54, 1.807) is 19.1 Å². The number of dihydropyridines is 1. The van der Waals surface area contributed by atoms with Crippen LogP contribution < -0.4 is 5.32 Å². The van der Waals surface area contributed by atoms with E-state index in [4.69, 9.17) is 14.5 Å². The normalized spacial score (nSPS) is 22.6. The molecule has 0 bridgehead atoms. The molecule has 0 fully saturated rings. The van der Waals surface area contributed by atoms with Gasteiger partial charge in [-0.3, -0.25) is 10.1 Å². The molecule has 0 spiro atoms. The first-order valence-electron chi connectivity index (χ1n) is 11.0. The first-order chi connectivity index (χ1) is 15.1. The van der Waals surface area contributed by atoms with Gasteiger partial charge in [0.05, 0.1) is 34.7 Å². The molecule has 1 N–H and O–H groups in total. The fraction of sp³-hybridized carbons (Fsp3) is 0.500. The average Bonchev–Trinajstić information content (AvgIpc) is 2.71. The van der Waals surface area contributed by atoms with Crippen LogP contribution in [-0.2, 0) is 14.3 Å². The Kier molecular flexibility index (Phi) is 6.71. The Morgan fingerprint density at radius 1 is 1.38 bits per heavy atom. The van der Waals surface area contributed by atoms with Crippen molar-refractivity contribution in [2.75, 3.05) is 6.61 Å². The van der Waals surface area contributed by atoms with Gasteiger partial charge in [-0.1, -0.05) is 19.1 Å². The lowest BCUT2D eigenvalue weighted by atomic mass is 9.79. The maximum atomic E-state index is 13.1. The van der Waals surface area contributed by atoms with E-state index < -0.39 is 16.8 Å². The summed E-state index contributed by atoms with van der Waals surface area (Å²) in [6.07, 6.45) is 1.34. The van der Waals surface area contributed by atoms with Crippen molar-refractivity contribution >= 4 is 17.6 Å². The van der Waals surface area contributed by atoms with Gasteiger partial charge in [0.25, 0.3) is 5.69 Å². The number of carbonyl (C=O) groups is 1. The monoisotopic (exact) mass is 441 g/mol. The number of ether oxygens (including phenoxy) is 2. The topological polar surface area (TPSA) is 103 Å². The molecule has 0 amide bonds. The van der Waals surface area contributed by atoms with Crippen molar-refractivity contribution in [2.45, 2.75) is 71.9 Å². The highest BCUT2D eigenvalue weighted by Crippen LogP contribution is 2.42. The number of hydrogen-bond acceptors (Lipinski definition) is 7. The zero-order valence-electron chi connectivity index (χ0n) is 19.5.